The number of aromatic amines is 1. The number of nitrogens with zero attached hydrogens (tertiary/aromatic N) is 3. The van der Waals surface area contributed by atoms with Crippen LogP contribution in [-0.2, 0) is 0 Å². The lowest BCUT2D eigenvalue weighted by Gasteiger charge is -2.04. The maximum Gasteiger partial charge on any atom is 0.163 e. The Morgan fingerprint density at radius 3 is 2.09 bits per heavy atom. The number of Topliss-reactive ketones (excluding diaryl/α,β-unsaturated/α-hetero) is 1. The molecule has 0 saturated heterocycles. The third kappa shape index (κ3) is 2.50. The number of hydrogen-bond donors (Lipinski definition) is 1. The molecule has 0 aliphatic carbocycles. The molecule has 0 fully saturated rings. The van der Waals surface area contributed by atoms with Gasteiger partial charge in [0.2, 0.25) is 0 Å². The van der Waals surface area contributed by atoms with Gasteiger partial charge in [0.05, 0.1) is 0 Å². The van der Waals surface area contributed by atoms with Gasteiger partial charge in [-0.2, -0.15) is 5.26 Å². The predicted molar refractivity (Wildman–Crippen MR) is 82.0 cm³/mol. The van der Waals surface area contributed by atoms with Crippen molar-refractivity contribution in [3.63, 3.8) is 0 Å². The Kier molecular flexibility index (Phi) is 3.50. The van der Waals surface area contributed by atoms with Gasteiger partial charge in [-0.3, -0.25) is 4.79 Å². The van der Waals surface area contributed by atoms with Crippen molar-refractivity contribution in [1.82, 2.24) is 15.4 Å². The second-order valence-electron chi connectivity index (χ2n) is 4.86. The highest BCUT2D eigenvalue weighted by atomic mass is 16.1. The van der Waals surface area contributed by atoms with E-state index in [1.807, 2.05) is 54.6 Å². The molecule has 3 rings (SSSR count). The minimum Gasteiger partial charge on any atom is -0.295 e. The molecule has 1 heterocycles. The third-order valence-corrected chi connectivity index (χ3v) is 3.44. The van der Waals surface area contributed by atoms with Crippen LogP contribution in [0.3, 0.4) is 0 Å². The number of rotatable bonds is 3. The lowest BCUT2D eigenvalue weighted by atomic mass is 10.0. The summed E-state index contributed by atoms with van der Waals surface area (Å²) in [6.07, 6.45) is 0. The SMILES string of the molecule is CC(=O)c1ccc(-c2ccc(-c3nn[nH]c3C#N)cc2)cc1. The Hall–Kier alpha value is -3.26. The molecule has 1 aromatic heterocycles. The van der Waals surface area contributed by atoms with E-state index in [1.165, 1.54) is 0 Å². The first-order valence-electron chi connectivity index (χ1n) is 6.72. The van der Waals surface area contributed by atoms with Crippen molar-refractivity contribution in [2.45, 2.75) is 6.92 Å². The van der Waals surface area contributed by atoms with E-state index in [9.17, 15) is 4.79 Å². The van der Waals surface area contributed by atoms with E-state index >= 15 is 0 Å². The van der Waals surface area contributed by atoms with Crippen molar-refractivity contribution in [3.05, 3.63) is 59.8 Å². The van der Waals surface area contributed by atoms with Crippen molar-refractivity contribution in [2.75, 3.05) is 0 Å². The van der Waals surface area contributed by atoms with Gasteiger partial charge in [-0.25, -0.2) is 5.10 Å². The molecule has 0 aliphatic rings. The average molecular weight is 288 g/mol. The van der Waals surface area contributed by atoms with Crippen LogP contribution in [0.1, 0.15) is 23.0 Å². The van der Waals surface area contributed by atoms with Gasteiger partial charge in [-0.15, -0.1) is 5.10 Å². The van der Waals surface area contributed by atoms with Crippen LogP contribution in [-0.4, -0.2) is 21.2 Å². The first kappa shape index (κ1) is 13.7. The molecule has 0 spiro atoms. The third-order valence-electron chi connectivity index (χ3n) is 3.44. The number of carbonyl (C=O) groups excluding carboxylic acids is 1. The summed E-state index contributed by atoms with van der Waals surface area (Å²) in [5, 5.41) is 19.1. The van der Waals surface area contributed by atoms with Crippen LogP contribution in [0.5, 0.6) is 0 Å². The van der Waals surface area contributed by atoms with Crippen LogP contribution >= 0.6 is 0 Å². The van der Waals surface area contributed by atoms with E-state index in [-0.39, 0.29) is 5.78 Å². The lowest BCUT2D eigenvalue weighted by molar-refractivity contribution is 0.101. The number of hydrogen-bond acceptors (Lipinski definition) is 4. The van der Waals surface area contributed by atoms with Crippen LogP contribution in [0.4, 0.5) is 0 Å². The van der Waals surface area contributed by atoms with Crippen LogP contribution in [0.25, 0.3) is 22.4 Å². The fraction of sp³-hybridized carbons (Fsp3) is 0.0588. The van der Waals surface area contributed by atoms with Gasteiger partial charge in [0.15, 0.2) is 11.5 Å². The first-order chi connectivity index (χ1) is 10.7. The summed E-state index contributed by atoms with van der Waals surface area (Å²) < 4.78 is 0. The van der Waals surface area contributed by atoms with Gasteiger partial charge in [0, 0.05) is 11.1 Å². The van der Waals surface area contributed by atoms with E-state index in [0.29, 0.717) is 17.0 Å². The van der Waals surface area contributed by atoms with E-state index in [2.05, 4.69) is 15.4 Å². The Morgan fingerprint density at radius 1 is 1.00 bits per heavy atom. The Morgan fingerprint density at radius 2 is 1.55 bits per heavy atom. The molecule has 0 unspecified atom stereocenters. The summed E-state index contributed by atoms with van der Waals surface area (Å²) in [7, 11) is 0. The van der Waals surface area contributed by atoms with Crippen LogP contribution in [0.2, 0.25) is 0 Å². The molecule has 0 saturated carbocycles. The molecule has 0 aliphatic heterocycles. The second kappa shape index (κ2) is 5.62. The number of carbonyl (C=O) groups is 1. The number of nitriles is 1. The van der Waals surface area contributed by atoms with E-state index < -0.39 is 0 Å². The summed E-state index contributed by atoms with van der Waals surface area (Å²) in [6.45, 7) is 1.55. The monoisotopic (exact) mass is 288 g/mol. The molecule has 5 heteroatoms. The topological polar surface area (TPSA) is 82.4 Å². The van der Waals surface area contributed by atoms with Gasteiger partial charge >= 0.3 is 0 Å². The quantitative estimate of drug-likeness (QED) is 0.750. The maximum atomic E-state index is 11.3. The molecule has 2 aromatic carbocycles. The molecular weight excluding hydrogens is 276 g/mol. The minimum absolute atomic E-state index is 0.0527. The van der Waals surface area contributed by atoms with E-state index in [1.54, 1.807) is 6.92 Å². The fourth-order valence-corrected chi connectivity index (χ4v) is 2.23. The average Bonchev–Trinajstić information content (AvgIpc) is 3.04. The summed E-state index contributed by atoms with van der Waals surface area (Å²) in [5.74, 6) is 0.0527. The van der Waals surface area contributed by atoms with Gasteiger partial charge in [-0.05, 0) is 18.1 Å². The zero-order valence-corrected chi connectivity index (χ0v) is 11.9. The van der Waals surface area contributed by atoms with Crippen molar-refractivity contribution >= 4 is 5.78 Å². The molecule has 0 radical (unpaired) electrons. The number of ketones is 1. The maximum absolute atomic E-state index is 11.3. The molecule has 106 valence electrons. The minimum atomic E-state index is 0.0527. The summed E-state index contributed by atoms with van der Waals surface area (Å²) in [6, 6.07) is 17.2. The molecule has 5 nitrogen and oxygen atoms in total. The molecule has 1 N–H and O–H groups in total. The highest BCUT2D eigenvalue weighted by Gasteiger charge is 2.09. The predicted octanol–water partition coefficient (Wildman–Crippen LogP) is 3.21. The van der Waals surface area contributed by atoms with Crippen LogP contribution < -0.4 is 0 Å². The molecule has 0 amide bonds. The van der Waals surface area contributed by atoms with E-state index in [4.69, 9.17) is 5.26 Å². The molecular formula is C17H12N4O. The highest BCUT2D eigenvalue weighted by molar-refractivity contribution is 5.94. The van der Waals surface area contributed by atoms with Crippen molar-refractivity contribution in [3.8, 4) is 28.5 Å². The molecule has 0 bridgehead atoms. The molecule has 3 aromatic rings. The van der Waals surface area contributed by atoms with Gasteiger partial charge in [-0.1, -0.05) is 53.7 Å². The van der Waals surface area contributed by atoms with Crippen molar-refractivity contribution in [1.29, 1.82) is 5.26 Å². The number of nitrogens with one attached hydrogen (secondary N) is 1. The summed E-state index contributed by atoms with van der Waals surface area (Å²) >= 11 is 0. The second-order valence-corrected chi connectivity index (χ2v) is 4.86. The number of benzene rings is 2. The zero-order valence-electron chi connectivity index (χ0n) is 11.9. The van der Waals surface area contributed by atoms with Crippen molar-refractivity contribution < 1.29 is 4.79 Å². The van der Waals surface area contributed by atoms with Crippen LogP contribution in [0, 0.1) is 11.3 Å². The highest BCUT2D eigenvalue weighted by Crippen LogP contribution is 2.25. The fourth-order valence-electron chi connectivity index (χ4n) is 2.23. The number of H-pyrrole nitrogens is 1. The molecule has 0 atom stereocenters. The Bertz CT molecular complexity index is 855. The zero-order chi connectivity index (χ0) is 15.5. The number of aromatic nitrogens is 3. The normalized spacial score (nSPS) is 10.2. The molecule has 22 heavy (non-hydrogen) atoms. The Labute approximate surface area is 127 Å². The van der Waals surface area contributed by atoms with Crippen LogP contribution in [0.15, 0.2) is 48.5 Å². The van der Waals surface area contributed by atoms with E-state index in [0.717, 1.165) is 16.7 Å². The summed E-state index contributed by atoms with van der Waals surface area (Å²) in [5.41, 5.74) is 4.47. The first-order valence-corrected chi connectivity index (χ1v) is 6.72. The Balaban J connectivity index is 1.91. The van der Waals surface area contributed by atoms with Gasteiger partial charge in [0.1, 0.15) is 11.8 Å². The standard InChI is InChI=1S/C17H12N4O/c1-11(22)12-2-4-13(5-3-12)14-6-8-15(9-7-14)17-16(10-18)19-21-20-17/h2-9H,1H3,(H,19,20,21). The summed E-state index contributed by atoms with van der Waals surface area (Å²) in [4.78, 5) is 11.3. The van der Waals surface area contributed by atoms with Gasteiger partial charge < -0.3 is 0 Å². The smallest absolute Gasteiger partial charge is 0.163 e. The van der Waals surface area contributed by atoms with Crippen molar-refractivity contribution in [2.24, 2.45) is 0 Å². The lowest BCUT2D eigenvalue weighted by Crippen LogP contribution is -1.90. The van der Waals surface area contributed by atoms with Gasteiger partial charge in [0.25, 0.3) is 0 Å². The largest absolute Gasteiger partial charge is 0.295 e.